The van der Waals surface area contributed by atoms with Crippen LogP contribution in [0.15, 0.2) is 36.7 Å². The van der Waals surface area contributed by atoms with Crippen molar-refractivity contribution in [3.8, 4) is 11.8 Å². The average molecular weight is 348 g/mol. The molecule has 0 unspecified atom stereocenters. The molecule has 0 aliphatic carbocycles. The van der Waals surface area contributed by atoms with E-state index in [0.29, 0.717) is 35.4 Å². The summed E-state index contributed by atoms with van der Waals surface area (Å²) in [5, 5.41) is 0.513. The molecule has 1 fully saturated rings. The second-order valence-electron chi connectivity index (χ2n) is 5.49. The van der Waals surface area contributed by atoms with Crippen LogP contribution in [0, 0.1) is 0 Å². The lowest BCUT2D eigenvalue weighted by Gasteiger charge is -2.32. The van der Waals surface area contributed by atoms with Gasteiger partial charge in [-0.05, 0) is 24.3 Å². The molecular formula is C17H18ClN3O3. The van der Waals surface area contributed by atoms with Gasteiger partial charge in [0, 0.05) is 43.3 Å². The number of methoxy groups -OCH3 is 1. The number of aromatic nitrogens is 2. The third-order valence-corrected chi connectivity index (χ3v) is 4.17. The van der Waals surface area contributed by atoms with Gasteiger partial charge in [-0.15, -0.1) is 0 Å². The second kappa shape index (κ2) is 7.49. The number of hydrogen-bond donors (Lipinski definition) is 0. The highest BCUT2D eigenvalue weighted by Crippen LogP contribution is 2.25. The van der Waals surface area contributed by atoms with E-state index >= 15 is 0 Å². The van der Waals surface area contributed by atoms with Gasteiger partial charge in [0.1, 0.15) is 11.9 Å². The topological polar surface area (TPSA) is 64.5 Å². The lowest BCUT2D eigenvalue weighted by molar-refractivity contribution is 0.0576. The van der Waals surface area contributed by atoms with Crippen molar-refractivity contribution in [2.24, 2.45) is 0 Å². The minimum absolute atomic E-state index is 0.0118. The van der Waals surface area contributed by atoms with E-state index in [1.165, 1.54) is 0 Å². The largest absolute Gasteiger partial charge is 0.496 e. The number of rotatable bonds is 4. The fraction of sp³-hybridized carbons (Fsp3) is 0.353. The first kappa shape index (κ1) is 16.5. The molecule has 24 heavy (non-hydrogen) atoms. The Bertz CT molecular complexity index is 703. The number of halogens is 1. The van der Waals surface area contributed by atoms with Gasteiger partial charge in [0.05, 0.1) is 12.7 Å². The zero-order chi connectivity index (χ0) is 16.9. The molecule has 1 saturated heterocycles. The SMILES string of the molecule is COc1ccc(Cl)cc1C(=O)N1CCC(Oc2ncccn2)CC1. The van der Waals surface area contributed by atoms with Gasteiger partial charge in [0.15, 0.2) is 0 Å². The highest BCUT2D eigenvalue weighted by atomic mass is 35.5. The van der Waals surface area contributed by atoms with Crippen molar-refractivity contribution >= 4 is 17.5 Å². The van der Waals surface area contributed by atoms with Crippen molar-refractivity contribution in [1.29, 1.82) is 0 Å². The monoisotopic (exact) mass is 347 g/mol. The van der Waals surface area contributed by atoms with Gasteiger partial charge in [-0.3, -0.25) is 4.79 Å². The van der Waals surface area contributed by atoms with Gasteiger partial charge in [-0.2, -0.15) is 0 Å². The van der Waals surface area contributed by atoms with E-state index in [-0.39, 0.29) is 12.0 Å². The minimum Gasteiger partial charge on any atom is -0.496 e. The molecule has 2 heterocycles. The molecule has 1 aliphatic heterocycles. The Morgan fingerprint density at radius 2 is 1.96 bits per heavy atom. The number of nitrogens with zero attached hydrogens (tertiary/aromatic N) is 3. The standard InChI is InChI=1S/C17H18ClN3O3/c1-23-15-4-3-12(18)11-14(15)16(22)21-9-5-13(6-10-21)24-17-19-7-2-8-20-17/h2-4,7-8,11,13H,5-6,9-10H2,1H3. The van der Waals surface area contributed by atoms with Crippen molar-refractivity contribution in [3.05, 3.63) is 47.2 Å². The molecule has 0 N–H and O–H groups in total. The molecule has 1 amide bonds. The number of carbonyl (C=O) groups excluding carboxylic acids is 1. The number of benzene rings is 1. The molecule has 1 aliphatic rings. The van der Waals surface area contributed by atoms with Crippen LogP contribution in [-0.2, 0) is 0 Å². The maximum atomic E-state index is 12.7. The Balaban J connectivity index is 1.62. The van der Waals surface area contributed by atoms with Crippen molar-refractivity contribution in [2.45, 2.75) is 18.9 Å². The van der Waals surface area contributed by atoms with Crippen molar-refractivity contribution in [3.63, 3.8) is 0 Å². The van der Waals surface area contributed by atoms with E-state index in [1.807, 2.05) is 0 Å². The summed E-state index contributed by atoms with van der Waals surface area (Å²) in [7, 11) is 1.54. The number of ether oxygens (including phenoxy) is 2. The Morgan fingerprint density at radius 3 is 2.62 bits per heavy atom. The minimum atomic E-state index is -0.0799. The number of piperidine rings is 1. The average Bonchev–Trinajstić information content (AvgIpc) is 2.62. The van der Waals surface area contributed by atoms with Gasteiger partial charge >= 0.3 is 6.01 Å². The predicted molar refractivity (Wildman–Crippen MR) is 89.6 cm³/mol. The molecule has 0 atom stereocenters. The number of amides is 1. The number of likely N-dealkylation sites (tertiary alicyclic amines) is 1. The van der Waals surface area contributed by atoms with Gasteiger partial charge in [0.25, 0.3) is 5.91 Å². The normalized spacial score (nSPS) is 15.2. The van der Waals surface area contributed by atoms with Crippen LogP contribution >= 0.6 is 11.6 Å². The quantitative estimate of drug-likeness (QED) is 0.851. The predicted octanol–water partition coefficient (Wildman–Crippen LogP) is 2.82. The molecule has 1 aromatic heterocycles. The zero-order valence-electron chi connectivity index (χ0n) is 13.3. The third kappa shape index (κ3) is 3.76. The fourth-order valence-electron chi connectivity index (χ4n) is 2.69. The highest BCUT2D eigenvalue weighted by molar-refractivity contribution is 6.31. The van der Waals surface area contributed by atoms with Gasteiger partial charge in [-0.25, -0.2) is 9.97 Å². The highest BCUT2D eigenvalue weighted by Gasteiger charge is 2.26. The summed E-state index contributed by atoms with van der Waals surface area (Å²) in [4.78, 5) is 22.6. The molecule has 7 heteroatoms. The first-order valence-corrected chi connectivity index (χ1v) is 8.11. The van der Waals surface area contributed by atoms with Crippen molar-refractivity contribution in [2.75, 3.05) is 20.2 Å². The Morgan fingerprint density at radius 1 is 1.25 bits per heavy atom. The van der Waals surface area contributed by atoms with E-state index in [4.69, 9.17) is 21.1 Å². The van der Waals surface area contributed by atoms with Gasteiger partial charge in [0.2, 0.25) is 0 Å². The van der Waals surface area contributed by atoms with Gasteiger partial charge < -0.3 is 14.4 Å². The maximum Gasteiger partial charge on any atom is 0.316 e. The summed E-state index contributed by atoms with van der Waals surface area (Å²) in [5.74, 6) is 0.448. The molecule has 2 aromatic rings. The Kier molecular flexibility index (Phi) is 5.15. The number of hydrogen-bond acceptors (Lipinski definition) is 5. The van der Waals surface area contributed by atoms with Crippen LogP contribution in [-0.4, -0.2) is 47.1 Å². The van der Waals surface area contributed by atoms with E-state index in [2.05, 4.69) is 9.97 Å². The van der Waals surface area contributed by atoms with Crippen LogP contribution in [0.1, 0.15) is 23.2 Å². The summed E-state index contributed by atoms with van der Waals surface area (Å²) in [6, 6.07) is 7.17. The van der Waals surface area contributed by atoms with Crippen LogP contribution in [0.4, 0.5) is 0 Å². The summed E-state index contributed by atoms with van der Waals surface area (Å²) < 4.78 is 11.0. The van der Waals surface area contributed by atoms with Crippen molar-refractivity contribution < 1.29 is 14.3 Å². The lowest BCUT2D eigenvalue weighted by Crippen LogP contribution is -2.42. The van der Waals surface area contributed by atoms with Crippen LogP contribution in [0.2, 0.25) is 5.02 Å². The molecule has 0 saturated carbocycles. The first-order chi connectivity index (χ1) is 11.7. The fourth-order valence-corrected chi connectivity index (χ4v) is 2.86. The molecular weight excluding hydrogens is 330 g/mol. The molecule has 0 radical (unpaired) electrons. The Labute approximate surface area is 145 Å². The molecule has 126 valence electrons. The first-order valence-electron chi connectivity index (χ1n) is 7.74. The van der Waals surface area contributed by atoms with E-state index in [1.54, 1.807) is 48.7 Å². The zero-order valence-corrected chi connectivity index (χ0v) is 14.1. The van der Waals surface area contributed by atoms with E-state index < -0.39 is 0 Å². The van der Waals surface area contributed by atoms with Crippen LogP contribution in [0.5, 0.6) is 11.8 Å². The van der Waals surface area contributed by atoms with Crippen molar-refractivity contribution in [1.82, 2.24) is 14.9 Å². The second-order valence-corrected chi connectivity index (χ2v) is 5.92. The van der Waals surface area contributed by atoms with Crippen LogP contribution < -0.4 is 9.47 Å². The lowest BCUT2D eigenvalue weighted by atomic mass is 10.1. The molecule has 1 aromatic carbocycles. The Hall–Kier alpha value is -2.34. The van der Waals surface area contributed by atoms with E-state index in [9.17, 15) is 4.79 Å². The molecule has 0 bridgehead atoms. The van der Waals surface area contributed by atoms with E-state index in [0.717, 1.165) is 12.8 Å². The smallest absolute Gasteiger partial charge is 0.316 e. The molecule has 3 rings (SSSR count). The number of carbonyl (C=O) groups is 1. The van der Waals surface area contributed by atoms with Crippen LogP contribution in [0.25, 0.3) is 0 Å². The molecule has 0 spiro atoms. The summed E-state index contributed by atoms with van der Waals surface area (Å²) in [5.41, 5.74) is 0.482. The molecule has 6 nitrogen and oxygen atoms in total. The summed E-state index contributed by atoms with van der Waals surface area (Å²) in [6.45, 7) is 1.21. The van der Waals surface area contributed by atoms with Gasteiger partial charge in [-0.1, -0.05) is 11.6 Å². The third-order valence-electron chi connectivity index (χ3n) is 3.94. The summed E-state index contributed by atoms with van der Waals surface area (Å²) >= 11 is 6.01. The summed E-state index contributed by atoms with van der Waals surface area (Å²) in [6.07, 6.45) is 4.76. The van der Waals surface area contributed by atoms with Crippen LogP contribution in [0.3, 0.4) is 0 Å². The maximum absolute atomic E-state index is 12.7.